The molecule has 0 spiro atoms. The SMILES string of the molecule is COc1ccccc1OCCn1c(C2CC(=O)N(c3cccc(Cl)c3C)C2)nc2ccccc21. The molecule has 5 rings (SSSR count). The van der Waals surface area contributed by atoms with Crippen molar-refractivity contribution in [1.29, 1.82) is 0 Å². The summed E-state index contributed by atoms with van der Waals surface area (Å²) in [7, 11) is 1.63. The number of methoxy groups -OCH3 is 1. The van der Waals surface area contributed by atoms with Crippen molar-refractivity contribution in [2.75, 3.05) is 25.2 Å². The molecule has 0 N–H and O–H groups in total. The van der Waals surface area contributed by atoms with Crippen LogP contribution in [0.3, 0.4) is 0 Å². The van der Waals surface area contributed by atoms with Crippen LogP contribution in [0.25, 0.3) is 11.0 Å². The largest absolute Gasteiger partial charge is 0.493 e. The van der Waals surface area contributed by atoms with Gasteiger partial charge in [0.05, 0.1) is 24.7 Å². The number of aromatic nitrogens is 2. The molecule has 0 radical (unpaired) electrons. The number of carbonyl (C=O) groups excluding carboxylic acids is 1. The van der Waals surface area contributed by atoms with Gasteiger partial charge in [0.25, 0.3) is 0 Å². The molecule has 174 valence electrons. The number of halogens is 1. The number of hydrogen-bond donors (Lipinski definition) is 0. The molecular weight excluding hydrogens is 450 g/mol. The van der Waals surface area contributed by atoms with Gasteiger partial charge in [-0.05, 0) is 48.9 Å². The normalized spacial score (nSPS) is 15.8. The first-order valence-corrected chi connectivity index (χ1v) is 11.7. The number of amides is 1. The Morgan fingerprint density at radius 2 is 1.79 bits per heavy atom. The van der Waals surface area contributed by atoms with Gasteiger partial charge in [-0.3, -0.25) is 4.79 Å². The molecule has 1 amide bonds. The number of para-hydroxylation sites is 4. The molecule has 1 fully saturated rings. The minimum absolute atomic E-state index is 0.0236. The molecule has 6 nitrogen and oxygen atoms in total. The molecule has 1 aliphatic heterocycles. The van der Waals surface area contributed by atoms with E-state index in [1.54, 1.807) is 7.11 Å². The van der Waals surface area contributed by atoms with Crippen LogP contribution in [0.1, 0.15) is 23.7 Å². The second kappa shape index (κ2) is 9.39. The lowest BCUT2D eigenvalue weighted by molar-refractivity contribution is -0.117. The number of hydrogen-bond acceptors (Lipinski definition) is 4. The summed E-state index contributed by atoms with van der Waals surface area (Å²) >= 11 is 6.32. The Morgan fingerprint density at radius 1 is 1.03 bits per heavy atom. The fourth-order valence-corrected chi connectivity index (χ4v) is 4.80. The third-order valence-electron chi connectivity index (χ3n) is 6.35. The first kappa shape index (κ1) is 22.3. The molecule has 1 atom stereocenters. The number of nitrogens with zero attached hydrogens (tertiary/aromatic N) is 3. The van der Waals surface area contributed by atoms with Crippen molar-refractivity contribution < 1.29 is 14.3 Å². The molecule has 1 saturated heterocycles. The van der Waals surface area contributed by atoms with E-state index in [1.807, 2.05) is 72.5 Å². The number of carbonyl (C=O) groups is 1. The van der Waals surface area contributed by atoms with E-state index in [0.717, 1.165) is 28.1 Å². The van der Waals surface area contributed by atoms with Crippen molar-refractivity contribution in [3.05, 3.63) is 83.1 Å². The second-order valence-corrected chi connectivity index (χ2v) is 8.81. The summed E-state index contributed by atoms with van der Waals surface area (Å²) in [4.78, 5) is 19.8. The van der Waals surface area contributed by atoms with Crippen molar-refractivity contribution in [2.45, 2.75) is 25.8 Å². The van der Waals surface area contributed by atoms with Crippen molar-refractivity contribution in [3.63, 3.8) is 0 Å². The maximum Gasteiger partial charge on any atom is 0.227 e. The molecule has 3 aromatic carbocycles. The van der Waals surface area contributed by atoms with Gasteiger partial charge in [0.1, 0.15) is 12.4 Å². The lowest BCUT2D eigenvalue weighted by Gasteiger charge is -2.20. The van der Waals surface area contributed by atoms with Crippen LogP contribution in [0.4, 0.5) is 5.69 Å². The molecule has 1 unspecified atom stereocenters. The maximum atomic E-state index is 13.0. The monoisotopic (exact) mass is 475 g/mol. The Bertz CT molecular complexity index is 1350. The predicted molar refractivity (Wildman–Crippen MR) is 134 cm³/mol. The highest BCUT2D eigenvalue weighted by Crippen LogP contribution is 2.36. The van der Waals surface area contributed by atoms with Gasteiger partial charge < -0.3 is 18.9 Å². The van der Waals surface area contributed by atoms with Crippen LogP contribution >= 0.6 is 11.6 Å². The van der Waals surface area contributed by atoms with E-state index >= 15 is 0 Å². The average Bonchev–Trinajstić information content (AvgIpc) is 3.41. The molecule has 2 heterocycles. The zero-order valence-corrected chi connectivity index (χ0v) is 20.0. The summed E-state index contributed by atoms with van der Waals surface area (Å²) in [5.41, 5.74) is 3.73. The average molecular weight is 476 g/mol. The molecule has 1 aliphatic rings. The fourth-order valence-electron chi connectivity index (χ4n) is 4.63. The number of rotatable bonds is 7. The standard InChI is InChI=1S/C27H26ClN3O3/c1-18-20(28)8-7-11-22(18)31-17-19(16-26(31)32)27-29-21-9-3-4-10-23(21)30(27)14-15-34-25-13-6-5-12-24(25)33-2/h3-13,19H,14-17H2,1-2H3. The summed E-state index contributed by atoms with van der Waals surface area (Å²) in [5.74, 6) is 2.37. The summed E-state index contributed by atoms with van der Waals surface area (Å²) in [6, 6.07) is 21.3. The van der Waals surface area contributed by atoms with Crippen LogP contribution in [-0.2, 0) is 11.3 Å². The molecule has 1 aromatic heterocycles. The zero-order chi connectivity index (χ0) is 23.7. The molecule has 0 aliphatic carbocycles. The van der Waals surface area contributed by atoms with Crippen LogP contribution in [0.2, 0.25) is 5.02 Å². The van der Waals surface area contributed by atoms with Crippen molar-refractivity contribution in [3.8, 4) is 11.5 Å². The Hall–Kier alpha value is -3.51. The first-order valence-electron chi connectivity index (χ1n) is 11.3. The number of ether oxygens (including phenoxy) is 2. The molecule has 0 saturated carbocycles. The van der Waals surface area contributed by atoms with E-state index < -0.39 is 0 Å². The first-order chi connectivity index (χ1) is 16.6. The minimum atomic E-state index is -0.0236. The van der Waals surface area contributed by atoms with Gasteiger partial charge in [-0.2, -0.15) is 0 Å². The van der Waals surface area contributed by atoms with E-state index in [9.17, 15) is 4.79 Å². The van der Waals surface area contributed by atoms with Crippen LogP contribution in [0.15, 0.2) is 66.7 Å². The van der Waals surface area contributed by atoms with E-state index in [2.05, 4.69) is 10.6 Å². The second-order valence-electron chi connectivity index (χ2n) is 8.40. The lowest BCUT2D eigenvalue weighted by atomic mass is 10.1. The number of benzene rings is 3. The van der Waals surface area contributed by atoms with Gasteiger partial charge in [0.15, 0.2) is 11.5 Å². The van der Waals surface area contributed by atoms with Crippen molar-refractivity contribution in [2.24, 2.45) is 0 Å². The summed E-state index contributed by atoms with van der Waals surface area (Å²) in [5, 5.41) is 0.662. The minimum Gasteiger partial charge on any atom is -0.493 e. The van der Waals surface area contributed by atoms with Crippen LogP contribution in [-0.4, -0.2) is 35.7 Å². The van der Waals surface area contributed by atoms with E-state index in [-0.39, 0.29) is 11.8 Å². The third-order valence-corrected chi connectivity index (χ3v) is 6.76. The van der Waals surface area contributed by atoms with Crippen LogP contribution in [0, 0.1) is 6.92 Å². The Labute approximate surface area is 203 Å². The number of fused-ring (bicyclic) bond motifs is 1. The van der Waals surface area contributed by atoms with Crippen molar-refractivity contribution >= 4 is 34.2 Å². The van der Waals surface area contributed by atoms with E-state index in [1.165, 1.54) is 0 Å². The Balaban J connectivity index is 1.42. The Morgan fingerprint density at radius 3 is 2.62 bits per heavy atom. The van der Waals surface area contributed by atoms with E-state index in [4.69, 9.17) is 26.1 Å². The Kier molecular flexibility index (Phi) is 6.16. The summed E-state index contributed by atoms with van der Waals surface area (Å²) in [6.45, 7) is 3.57. The topological polar surface area (TPSA) is 56.6 Å². The zero-order valence-electron chi connectivity index (χ0n) is 19.2. The lowest BCUT2D eigenvalue weighted by Crippen LogP contribution is -2.25. The van der Waals surface area contributed by atoms with Crippen molar-refractivity contribution in [1.82, 2.24) is 9.55 Å². The van der Waals surface area contributed by atoms with Gasteiger partial charge >= 0.3 is 0 Å². The smallest absolute Gasteiger partial charge is 0.227 e. The van der Waals surface area contributed by atoms with E-state index in [0.29, 0.717) is 42.6 Å². The van der Waals surface area contributed by atoms with Gasteiger partial charge in [-0.25, -0.2) is 4.98 Å². The van der Waals surface area contributed by atoms with Crippen LogP contribution < -0.4 is 14.4 Å². The highest BCUT2D eigenvalue weighted by Gasteiger charge is 2.35. The number of imidazole rings is 1. The van der Waals surface area contributed by atoms with Crippen LogP contribution in [0.5, 0.6) is 11.5 Å². The highest BCUT2D eigenvalue weighted by atomic mass is 35.5. The maximum absolute atomic E-state index is 13.0. The molecule has 4 aromatic rings. The molecular formula is C27H26ClN3O3. The highest BCUT2D eigenvalue weighted by molar-refractivity contribution is 6.31. The molecule has 7 heteroatoms. The summed E-state index contributed by atoms with van der Waals surface area (Å²) in [6.07, 6.45) is 0.405. The fraction of sp³-hybridized carbons (Fsp3) is 0.259. The van der Waals surface area contributed by atoms with Gasteiger partial charge in [-0.15, -0.1) is 0 Å². The molecule has 0 bridgehead atoms. The predicted octanol–water partition coefficient (Wildman–Crippen LogP) is 5.61. The van der Waals surface area contributed by atoms with Gasteiger partial charge in [0.2, 0.25) is 5.91 Å². The number of anilines is 1. The van der Waals surface area contributed by atoms with Gasteiger partial charge in [-0.1, -0.05) is 41.9 Å². The summed E-state index contributed by atoms with van der Waals surface area (Å²) < 4.78 is 13.6. The third kappa shape index (κ3) is 4.10. The van der Waals surface area contributed by atoms with Gasteiger partial charge in [0, 0.05) is 29.6 Å². The molecule has 34 heavy (non-hydrogen) atoms. The quantitative estimate of drug-likeness (QED) is 0.349.